The van der Waals surface area contributed by atoms with Gasteiger partial charge in [0.05, 0.1) is 17.6 Å². The lowest BCUT2D eigenvalue weighted by molar-refractivity contribution is -0.137. The van der Waals surface area contributed by atoms with E-state index in [2.05, 4.69) is 20.6 Å². The van der Waals surface area contributed by atoms with E-state index in [1.165, 1.54) is 12.1 Å². The third kappa shape index (κ3) is 4.60. The smallest absolute Gasteiger partial charge is 0.371 e. The molecule has 10 heteroatoms. The summed E-state index contributed by atoms with van der Waals surface area (Å²) in [5, 5.41) is 15.5. The number of nitrogens with one attached hydrogen (secondary N) is 4. The third-order valence-corrected chi connectivity index (χ3v) is 6.51. The van der Waals surface area contributed by atoms with Crippen molar-refractivity contribution in [2.24, 2.45) is 4.99 Å². The first-order valence-corrected chi connectivity index (χ1v) is 11.5. The van der Waals surface area contributed by atoms with Crippen LogP contribution >= 0.6 is 0 Å². The Kier molecular flexibility index (Phi) is 5.96. The van der Waals surface area contributed by atoms with E-state index in [-0.39, 0.29) is 22.8 Å². The van der Waals surface area contributed by atoms with Crippen LogP contribution in [0.4, 0.5) is 18.9 Å². The molecule has 2 aromatic carbocycles. The topological polar surface area (TPSA) is 98.1 Å². The molecule has 3 aromatic rings. The molecule has 0 radical (unpaired) electrons. The zero-order chi connectivity index (χ0) is 24.6. The number of H-pyrrole nitrogens is 1. The Labute approximate surface area is 198 Å². The number of benzene rings is 2. The van der Waals surface area contributed by atoms with Crippen molar-refractivity contribution < 1.29 is 13.2 Å². The Balaban J connectivity index is 1.48. The molecule has 5 rings (SSSR count). The number of rotatable bonds is 6. The van der Waals surface area contributed by atoms with Gasteiger partial charge >= 0.3 is 6.18 Å². The predicted molar refractivity (Wildman–Crippen MR) is 125 cm³/mol. The molecule has 2 aliphatic rings. The Morgan fingerprint density at radius 2 is 1.86 bits per heavy atom. The third-order valence-electron chi connectivity index (χ3n) is 6.51. The van der Waals surface area contributed by atoms with E-state index in [4.69, 9.17) is 5.41 Å². The summed E-state index contributed by atoms with van der Waals surface area (Å²) in [4.78, 5) is 20.5. The summed E-state index contributed by atoms with van der Waals surface area (Å²) in [5.74, 6) is 0.367. The molecule has 2 atom stereocenters. The van der Waals surface area contributed by atoms with Gasteiger partial charge < -0.3 is 10.6 Å². The van der Waals surface area contributed by atoms with E-state index in [0.29, 0.717) is 24.4 Å². The van der Waals surface area contributed by atoms with E-state index in [1.54, 1.807) is 4.57 Å². The van der Waals surface area contributed by atoms with Crippen LogP contribution in [-0.4, -0.2) is 22.1 Å². The van der Waals surface area contributed by atoms with Crippen molar-refractivity contribution in [1.29, 1.82) is 5.41 Å². The van der Waals surface area contributed by atoms with Crippen LogP contribution in [-0.2, 0) is 12.6 Å². The fourth-order valence-corrected chi connectivity index (χ4v) is 4.79. The van der Waals surface area contributed by atoms with E-state index in [0.717, 1.165) is 42.6 Å². The quantitative estimate of drug-likeness (QED) is 0.434. The van der Waals surface area contributed by atoms with Crippen molar-refractivity contribution in [3.05, 3.63) is 92.4 Å². The molecule has 0 amide bonds. The van der Waals surface area contributed by atoms with Crippen LogP contribution in [0.3, 0.4) is 0 Å². The molecule has 35 heavy (non-hydrogen) atoms. The van der Waals surface area contributed by atoms with Gasteiger partial charge in [0.1, 0.15) is 16.5 Å². The van der Waals surface area contributed by atoms with E-state index < -0.39 is 17.3 Å². The first-order chi connectivity index (χ1) is 16.8. The van der Waals surface area contributed by atoms with Gasteiger partial charge in [0.15, 0.2) is 0 Å². The lowest BCUT2D eigenvalue weighted by atomic mass is 10.1. The lowest BCUT2D eigenvalue weighted by Gasteiger charge is -2.16. The van der Waals surface area contributed by atoms with Crippen molar-refractivity contribution in [2.45, 2.75) is 43.9 Å². The lowest BCUT2D eigenvalue weighted by Crippen LogP contribution is -2.56. The molecule has 7 nitrogen and oxygen atoms in total. The highest BCUT2D eigenvalue weighted by Gasteiger charge is 2.34. The highest BCUT2D eigenvalue weighted by Crippen LogP contribution is 2.32. The Bertz CT molecular complexity index is 1460. The zero-order valence-electron chi connectivity index (χ0n) is 18.8. The van der Waals surface area contributed by atoms with Crippen molar-refractivity contribution in [1.82, 2.24) is 14.9 Å². The minimum absolute atomic E-state index is 0.0678. The second-order valence-electron chi connectivity index (χ2n) is 8.80. The molecular weight excluding hydrogens is 457 g/mol. The maximum atomic E-state index is 13.1. The molecule has 0 unspecified atom stereocenters. The van der Waals surface area contributed by atoms with E-state index >= 15 is 0 Å². The molecule has 0 spiro atoms. The number of aromatic amines is 1. The first kappa shape index (κ1) is 22.9. The van der Waals surface area contributed by atoms with Crippen molar-refractivity contribution in [2.75, 3.05) is 11.9 Å². The summed E-state index contributed by atoms with van der Waals surface area (Å²) in [5.41, 5.74) is 0.858. The van der Waals surface area contributed by atoms with Gasteiger partial charge in [-0.1, -0.05) is 30.3 Å². The molecule has 0 bridgehead atoms. The van der Waals surface area contributed by atoms with Crippen molar-refractivity contribution >= 4 is 11.5 Å². The molecule has 1 aliphatic heterocycles. The fourth-order valence-electron chi connectivity index (χ4n) is 4.79. The molecule has 2 heterocycles. The summed E-state index contributed by atoms with van der Waals surface area (Å²) in [6, 6.07) is 14.5. The summed E-state index contributed by atoms with van der Waals surface area (Å²) in [6.45, 7) is 0.345. The van der Waals surface area contributed by atoms with Gasteiger partial charge in [-0.3, -0.25) is 19.8 Å². The van der Waals surface area contributed by atoms with Crippen LogP contribution in [0, 0.1) is 5.41 Å². The number of hydrogen-bond donors (Lipinski definition) is 4. The van der Waals surface area contributed by atoms with Crippen LogP contribution < -0.4 is 32.5 Å². The molecule has 1 saturated carbocycles. The molecule has 0 saturated heterocycles. The maximum Gasteiger partial charge on any atom is 0.416 e. The molecule has 4 N–H and O–H groups in total. The van der Waals surface area contributed by atoms with Crippen LogP contribution in [0.15, 0.2) is 64.4 Å². The summed E-state index contributed by atoms with van der Waals surface area (Å²) < 4.78 is 40.3. The van der Waals surface area contributed by atoms with Crippen molar-refractivity contribution in [3.8, 4) is 0 Å². The Morgan fingerprint density at radius 1 is 1.11 bits per heavy atom. The van der Waals surface area contributed by atoms with Gasteiger partial charge in [0, 0.05) is 12.2 Å². The second-order valence-corrected chi connectivity index (χ2v) is 8.80. The second kappa shape index (κ2) is 9.09. The molecule has 1 fully saturated rings. The molecule has 1 aromatic heterocycles. The van der Waals surface area contributed by atoms with Gasteiger partial charge in [0.2, 0.25) is 5.62 Å². The number of anilines is 1. The van der Waals surface area contributed by atoms with Gasteiger partial charge in [-0.2, -0.15) is 13.2 Å². The summed E-state index contributed by atoms with van der Waals surface area (Å²) in [6.07, 6.45) is -1.07. The minimum atomic E-state index is -4.38. The number of aromatic nitrogens is 2. The average molecular weight is 483 g/mol. The van der Waals surface area contributed by atoms with E-state index in [1.807, 2.05) is 30.3 Å². The molecule has 1 aliphatic carbocycles. The number of para-hydroxylation sites is 1. The van der Waals surface area contributed by atoms with Gasteiger partial charge in [-0.05, 0) is 55.5 Å². The van der Waals surface area contributed by atoms with E-state index in [9.17, 15) is 18.0 Å². The normalized spacial score (nSPS) is 19.5. The maximum absolute atomic E-state index is 13.1. The standard InChI is InChI=1S/C25H25F3N6O/c26-25(27,28)16-11-9-15(10-12-16)13-14-30-22(31-17-5-2-1-3-6-17)20-21(29)34-19-8-4-7-18(19)32-24(34)33-23(20)35/h1-3,5-6,9-12,18-19,29-31H,4,7-8,13-14H2,(H,32,33,35)/b22-20-,29-21?/t18-,19+/m1/s1. The highest BCUT2D eigenvalue weighted by atomic mass is 19.4. The Hall–Kier alpha value is -3.82. The number of halogens is 3. The minimum Gasteiger partial charge on any atom is -0.371 e. The fraction of sp³-hybridized carbons (Fsp3) is 0.320. The van der Waals surface area contributed by atoms with Gasteiger partial charge in [0.25, 0.3) is 5.56 Å². The van der Waals surface area contributed by atoms with Crippen LogP contribution in [0.5, 0.6) is 0 Å². The largest absolute Gasteiger partial charge is 0.416 e. The van der Waals surface area contributed by atoms with Gasteiger partial charge in [-0.25, -0.2) is 4.99 Å². The summed E-state index contributed by atoms with van der Waals surface area (Å²) >= 11 is 0. The van der Waals surface area contributed by atoms with Crippen LogP contribution in [0.25, 0.3) is 5.82 Å². The van der Waals surface area contributed by atoms with Crippen LogP contribution in [0.2, 0.25) is 0 Å². The number of hydrogen-bond acceptors (Lipinski definition) is 5. The molecule has 182 valence electrons. The summed E-state index contributed by atoms with van der Waals surface area (Å²) in [7, 11) is 0. The van der Waals surface area contributed by atoms with Crippen molar-refractivity contribution in [3.63, 3.8) is 0 Å². The van der Waals surface area contributed by atoms with Gasteiger partial charge in [-0.15, -0.1) is 0 Å². The predicted octanol–water partition coefficient (Wildman–Crippen LogP) is 2.41. The monoisotopic (exact) mass is 482 g/mol. The number of nitrogens with zero attached hydrogens (tertiary/aromatic N) is 2. The highest BCUT2D eigenvalue weighted by molar-refractivity contribution is 5.62. The SMILES string of the molecule is N=c1/c(=C(\NCCc2ccc(C(F)(F)F)cc2)Nc2ccccc2)c(=O)[nH]c2n1[C@H]1CCC[C@H]1N=2. The first-order valence-electron chi connectivity index (χ1n) is 11.5. The van der Waals surface area contributed by atoms with Crippen LogP contribution in [0.1, 0.15) is 36.4 Å². The molecular formula is C25H25F3N6O. The number of fused-ring (bicyclic) bond motifs is 3. The Morgan fingerprint density at radius 3 is 2.57 bits per heavy atom. The number of alkyl halides is 3. The zero-order valence-corrected chi connectivity index (χ0v) is 18.8. The average Bonchev–Trinajstić information content (AvgIpc) is 3.40.